The maximum Gasteiger partial charge on any atom is 0.119 e. The van der Waals surface area contributed by atoms with Gasteiger partial charge in [-0.25, -0.2) is 0 Å². The van der Waals surface area contributed by atoms with Crippen LogP contribution < -0.4 is 4.74 Å². The van der Waals surface area contributed by atoms with Gasteiger partial charge in [0.15, 0.2) is 0 Å². The molecule has 0 spiro atoms. The highest BCUT2D eigenvalue weighted by Gasteiger charge is 2.06. The molecule has 0 fully saturated rings. The van der Waals surface area contributed by atoms with Crippen LogP contribution in [0.15, 0.2) is 36.4 Å². The lowest BCUT2D eigenvalue weighted by molar-refractivity contribution is 0.415. The lowest BCUT2D eigenvalue weighted by Crippen LogP contribution is -1.80. The van der Waals surface area contributed by atoms with E-state index in [0.717, 1.165) is 11.3 Å². The van der Waals surface area contributed by atoms with Crippen LogP contribution in [0.5, 0.6) is 5.75 Å². The lowest BCUT2D eigenvalue weighted by Gasteiger charge is -1.98. The molecule has 0 radical (unpaired) electrons. The molecule has 0 saturated heterocycles. The predicted molar refractivity (Wildman–Crippen MR) is 67.1 cm³/mol. The molecule has 1 heterocycles. The van der Waals surface area contributed by atoms with Gasteiger partial charge in [-0.05, 0) is 30.7 Å². The smallest absolute Gasteiger partial charge is 0.119 e. The molecular weight excluding hydrogens is 198 g/mol. The van der Waals surface area contributed by atoms with E-state index in [1.165, 1.54) is 21.9 Å². The van der Waals surface area contributed by atoms with Crippen molar-refractivity contribution in [3.63, 3.8) is 0 Å². The second kappa shape index (κ2) is 3.27. The molecule has 0 aliphatic heterocycles. The normalized spacial score (nSPS) is 11.1. The van der Waals surface area contributed by atoms with Crippen molar-refractivity contribution in [3.05, 3.63) is 42.0 Å². The number of nitrogens with one attached hydrogen (secondary N) is 1. The third kappa shape index (κ3) is 1.20. The van der Waals surface area contributed by atoms with Crippen molar-refractivity contribution >= 4 is 21.8 Å². The van der Waals surface area contributed by atoms with Crippen molar-refractivity contribution < 1.29 is 4.74 Å². The van der Waals surface area contributed by atoms with E-state index < -0.39 is 0 Å². The van der Waals surface area contributed by atoms with Crippen molar-refractivity contribution in [3.8, 4) is 5.75 Å². The number of hydrogen-bond acceptors (Lipinski definition) is 1. The summed E-state index contributed by atoms with van der Waals surface area (Å²) in [4.78, 5) is 3.44. The van der Waals surface area contributed by atoms with Crippen LogP contribution in [-0.4, -0.2) is 12.1 Å². The van der Waals surface area contributed by atoms with Gasteiger partial charge >= 0.3 is 0 Å². The first kappa shape index (κ1) is 9.28. The molecule has 0 aliphatic carbocycles. The third-order valence-corrected chi connectivity index (χ3v) is 3.05. The van der Waals surface area contributed by atoms with E-state index in [1.54, 1.807) is 7.11 Å². The van der Waals surface area contributed by atoms with Crippen LogP contribution in [0.25, 0.3) is 21.8 Å². The number of hydrogen-bond donors (Lipinski definition) is 1. The fourth-order valence-corrected chi connectivity index (χ4v) is 2.17. The van der Waals surface area contributed by atoms with Crippen molar-refractivity contribution in [2.45, 2.75) is 6.92 Å². The van der Waals surface area contributed by atoms with E-state index in [0.29, 0.717) is 0 Å². The van der Waals surface area contributed by atoms with Gasteiger partial charge in [0.25, 0.3) is 0 Å². The van der Waals surface area contributed by atoms with Gasteiger partial charge in [0.05, 0.1) is 7.11 Å². The minimum Gasteiger partial charge on any atom is -0.497 e. The molecule has 3 rings (SSSR count). The van der Waals surface area contributed by atoms with E-state index >= 15 is 0 Å². The highest BCUT2D eigenvalue weighted by atomic mass is 16.5. The molecule has 2 nitrogen and oxygen atoms in total. The van der Waals surface area contributed by atoms with Crippen LogP contribution in [0.1, 0.15) is 5.56 Å². The minimum absolute atomic E-state index is 0.898. The lowest BCUT2D eigenvalue weighted by atomic mass is 10.1. The van der Waals surface area contributed by atoms with Gasteiger partial charge in [0.2, 0.25) is 0 Å². The Morgan fingerprint density at radius 1 is 1.06 bits per heavy atom. The van der Waals surface area contributed by atoms with Gasteiger partial charge in [-0.1, -0.05) is 18.2 Å². The summed E-state index contributed by atoms with van der Waals surface area (Å²) < 4.78 is 5.26. The largest absolute Gasteiger partial charge is 0.497 e. The number of ether oxygens (including phenoxy) is 1. The Morgan fingerprint density at radius 2 is 1.94 bits per heavy atom. The molecule has 1 N–H and O–H groups in total. The second-order valence-corrected chi connectivity index (χ2v) is 4.03. The first-order valence-corrected chi connectivity index (χ1v) is 5.34. The topological polar surface area (TPSA) is 25.0 Å². The number of benzene rings is 2. The van der Waals surface area contributed by atoms with Crippen molar-refractivity contribution in [2.24, 2.45) is 0 Å². The number of fused-ring (bicyclic) bond motifs is 3. The number of aromatic amines is 1. The fraction of sp³-hybridized carbons (Fsp3) is 0.143. The molecule has 1 aromatic heterocycles. The molecule has 0 amide bonds. The Hall–Kier alpha value is -1.96. The average Bonchev–Trinajstić information content (AvgIpc) is 2.68. The third-order valence-electron chi connectivity index (χ3n) is 3.05. The Bertz CT molecular complexity index is 667. The highest BCUT2D eigenvalue weighted by molar-refractivity contribution is 6.08. The number of H-pyrrole nitrogens is 1. The fourth-order valence-electron chi connectivity index (χ4n) is 2.17. The van der Waals surface area contributed by atoms with Crippen molar-refractivity contribution in [2.75, 3.05) is 7.11 Å². The number of rotatable bonds is 1. The van der Waals surface area contributed by atoms with Crippen LogP contribution in [0.4, 0.5) is 0 Å². The van der Waals surface area contributed by atoms with Gasteiger partial charge < -0.3 is 9.72 Å². The molecular formula is C14H13NO. The Morgan fingerprint density at radius 3 is 2.75 bits per heavy atom. The summed E-state index contributed by atoms with van der Waals surface area (Å²) in [6.07, 6.45) is 0. The second-order valence-electron chi connectivity index (χ2n) is 4.03. The maximum absolute atomic E-state index is 5.26. The van der Waals surface area contributed by atoms with Crippen molar-refractivity contribution in [1.82, 2.24) is 4.98 Å². The molecule has 16 heavy (non-hydrogen) atoms. The van der Waals surface area contributed by atoms with Crippen LogP contribution >= 0.6 is 0 Å². The Kier molecular flexibility index (Phi) is 1.90. The predicted octanol–water partition coefficient (Wildman–Crippen LogP) is 3.64. The molecule has 3 aromatic rings. The summed E-state index contributed by atoms with van der Waals surface area (Å²) in [5.41, 5.74) is 3.64. The Balaban J connectivity index is 2.47. The van der Waals surface area contributed by atoms with E-state index in [-0.39, 0.29) is 0 Å². The van der Waals surface area contributed by atoms with Gasteiger partial charge in [-0.3, -0.25) is 0 Å². The first-order valence-electron chi connectivity index (χ1n) is 5.34. The van der Waals surface area contributed by atoms with Gasteiger partial charge in [0.1, 0.15) is 5.75 Å². The molecule has 2 heteroatoms. The first-order chi connectivity index (χ1) is 7.79. The number of aryl methyl sites for hydroxylation is 1. The molecule has 0 atom stereocenters. The zero-order valence-corrected chi connectivity index (χ0v) is 9.37. The van der Waals surface area contributed by atoms with E-state index in [1.807, 2.05) is 6.07 Å². The summed E-state index contributed by atoms with van der Waals surface area (Å²) in [5, 5.41) is 2.48. The average molecular weight is 211 g/mol. The van der Waals surface area contributed by atoms with Crippen LogP contribution in [0.2, 0.25) is 0 Å². The molecule has 2 aromatic carbocycles. The zero-order valence-electron chi connectivity index (χ0n) is 9.37. The molecule has 0 saturated carbocycles. The van der Waals surface area contributed by atoms with Crippen LogP contribution in [0.3, 0.4) is 0 Å². The number of methoxy groups -OCH3 is 1. The summed E-state index contributed by atoms with van der Waals surface area (Å²) in [7, 11) is 1.70. The molecule has 0 unspecified atom stereocenters. The Labute approximate surface area is 93.8 Å². The maximum atomic E-state index is 5.26. The quantitative estimate of drug-likeness (QED) is 0.653. The van der Waals surface area contributed by atoms with Gasteiger partial charge in [-0.2, -0.15) is 0 Å². The monoisotopic (exact) mass is 211 g/mol. The molecule has 80 valence electrons. The number of para-hydroxylation sites is 1. The van der Waals surface area contributed by atoms with Crippen LogP contribution in [0, 0.1) is 6.92 Å². The summed E-state index contributed by atoms with van der Waals surface area (Å²) in [5.74, 6) is 0.898. The summed E-state index contributed by atoms with van der Waals surface area (Å²) >= 11 is 0. The van der Waals surface area contributed by atoms with Gasteiger partial charge in [0, 0.05) is 21.8 Å². The number of aromatic nitrogens is 1. The summed E-state index contributed by atoms with van der Waals surface area (Å²) in [6, 6.07) is 12.5. The van der Waals surface area contributed by atoms with E-state index in [4.69, 9.17) is 4.74 Å². The molecule has 0 bridgehead atoms. The summed E-state index contributed by atoms with van der Waals surface area (Å²) in [6.45, 7) is 2.12. The minimum atomic E-state index is 0.898. The zero-order chi connectivity index (χ0) is 11.1. The SMILES string of the molecule is COc1ccc2[nH]c3c(C)cccc3c2c1. The van der Waals surface area contributed by atoms with Gasteiger partial charge in [-0.15, -0.1) is 0 Å². The molecule has 0 aliphatic rings. The van der Waals surface area contributed by atoms with Crippen molar-refractivity contribution in [1.29, 1.82) is 0 Å². The van der Waals surface area contributed by atoms with E-state index in [9.17, 15) is 0 Å². The van der Waals surface area contributed by atoms with Crippen LogP contribution in [-0.2, 0) is 0 Å². The van der Waals surface area contributed by atoms with E-state index in [2.05, 4.69) is 42.2 Å². The standard InChI is InChI=1S/C14H13NO/c1-9-4-3-5-11-12-8-10(16-2)6-7-13(12)15-14(9)11/h3-8,15H,1-2H3. The highest BCUT2D eigenvalue weighted by Crippen LogP contribution is 2.29.